The van der Waals surface area contributed by atoms with Gasteiger partial charge in [0.25, 0.3) is 0 Å². The fourth-order valence-corrected chi connectivity index (χ4v) is 3.32. The lowest BCUT2D eigenvalue weighted by molar-refractivity contribution is -0.137. The Morgan fingerprint density at radius 3 is 2.55 bits per heavy atom. The zero-order chi connectivity index (χ0) is 14.5. The van der Waals surface area contributed by atoms with Gasteiger partial charge in [0.2, 0.25) is 0 Å². The summed E-state index contributed by atoms with van der Waals surface area (Å²) in [6, 6.07) is 0. The molecule has 4 nitrogen and oxygen atoms in total. The van der Waals surface area contributed by atoms with Gasteiger partial charge in [0, 0.05) is 18.3 Å². The fourth-order valence-electron chi connectivity index (χ4n) is 3.32. The van der Waals surface area contributed by atoms with E-state index in [1.807, 2.05) is 0 Å². The molecular weight excluding hydrogens is 256 g/mol. The van der Waals surface area contributed by atoms with Gasteiger partial charge in [0.1, 0.15) is 11.5 Å². The van der Waals surface area contributed by atoms with Crippen molar-refractivity contribution in [1.82, 2.24) is 0 Å². The molecule has 0 aromatic heterocycles. The highest BCUT2D eigenvalue weighted by Gasteiger charge is 2.32. The molecule has 2 aliphatic rings. The van der Waals surface area contributed by atoms with Gasteiger partial charge in [-0.2, -0.15) is 0 Å². The van der Waals surface area contributed by atoms with Crippen LogP contribution in [0.15, 0.2) is 11.3 Å². The van der Waals surface area contributed by atoms with Crippen molar-refractivity contribution in [3.8, 4) is 0 Å². The van der Waals surface area contributed by atoms with E-state index in [2.05, 4.69) is 0 Å². The monoisotopic (exact) mass is 280 g/mol. The minimum atomic E-state index is -0.358. The number of ether oxygens (including phenoxy) is 2. The Hall–Kier alpha value is -1.32. The molecule has 0 N–H and O–H groups in total. The summed E-state index contributed by atoms with van der Waals surface area (Å²) in [6.07, 6.45) is 6.76. The molecule has 0 amide bonds. The molecular formula is C16H24O4. The van der Waals surface area contributed by atoms with E-state index < -0.39 is 0 Å². The van der Waals surface area contributed by atoms with E-state index in [1.54, 1.807) is 6.92 Å². The lowest BCUT2D eigenvalue weighted by atomic mass is 9.80. The minimum Gasteiger partial charge on any atom is -0.498 e. The van der Waals surface area contributed by atoms with Crippen LogP contribution in [-0.2, 0) is 19.1 Å². The molecule has 1 atom stereocenters. The molecule has 1 aliphatic heterocycles. The van der Waals surface area contributed by atoms with E-state index >= 15 is 0 Å². The van der Waals surface area contributed by atoms with Crippen LogP contribution < -0.4 is 0 Å². The quantitative estimate of drug-likeness (QED) is 0.743. The largest absolute Gasteiger partial charge is 0.498 e. The van der Waals surface area contributed by atoms with Gasteiger partial charge in [-0.25, -0.2) is 4.79 Å². The zero-order valence-electron chi connectivity index (χ0n) is 12.4. The molecule has 1 unspecified atom stereocenters. The first kappa shape index (κ1) is 15.1. The summed E-state index contributed by atoms with van der Waals surface area (Å²) < 4.78 is 10.3. The summed E-state index contributed by atoms with van der Waals surface area (Å²) >= 11 is 0. The molecule has 2 rings (SSSR count). The minimum absolute atomic E-state index is 0.0365. The Bertz CT molecular complexity index is 405. The van der Waals surface area contributed by atoms with Gasteiger partial charge in [-0.3, -0.25) is 4.79 Å². The van der Waals surface area contributed by atoms with E-state index in [4.69, 9.17) is 9.47 Å². The third-order valence-electron chi connectivity index (χ3n) is 4.49. The first-order valence-electron chi connectivity index (χ1n) is 7.58. The van der Waals surface area contributed by atoms with Crippen LogP contribution in [0, 0.1) is 11.8 Å². The van der Waals surface area contributed by atoms with Crippen molar-refractivity contribution >= 4 is 11.8 Å². The molecule has 112 valence electrons. The lowest BCUT2D eigenvalue weighted by Gasteiger charge is -2.28. The van der Waals surface area contributed by atoms with Crippen molar-refractivity contribution in [2.24, 2.45) is 11.8 Å². The van der Waals surface area contributed by atoms with Gasteiger partial charge in [-0.15, -0.1) is 0 Å². The van der Waals surface area contributed by atoms with Crippen LogP contribution in [0.2, 0.25) is 0 Å². The number of hydrogen-bond acceptors (Lipinski definition) is 4. The molecule has 0 spiro atoms. The number of ketones is 1. The van der Waals surface area contributed by atoms with Crippen LogP contribution >= 0.6 is 0 Å². The number of esters is 1. The van der Waals surface area contributed by atoms with E-state index in [-0.39, 0.29) is 17.8 Å². The Balaban J connectivity index is 2.04. The molecule has 0 radical (unpaired) electrons. The Morgan fingerprint density at radius 1 is 1.20 bits per heavy atom. The van der Waals surface area contributed by atoms with Crippen molar-refractivity contribution in [1.29, 1.82) is 0 Å². The molecule has 1 aliphatic carbocycles. The van der Waals surface area contributed by atoms with E-state index in [0.29, 0.717) is 30.1 Å². The molecule has 0 aromatic carbocycles. The zero-order valence-corrected chi connectivity index (χ0v) is 12.4. The number of carbonyl (C=O) groups excluding carboxylic acids is 2. The summed E-state index contributed by atoms with van der Waals surface area (Å²) in [6.45, 7) is 2.36. The third-order valence-corrected chi connectivity index (χ3v) is 4.49. The summed E-state index contributed by atoms with van der Waals surface area (Å²) in [5, 5.41) is 0. The predicted octanol–water partition coefficient (Wildman–Crippen LogP) is 3.01. The third kappa shape index (κ3) is 3.41. The normalized spacial score (nSPS) is 24.2. The second-order valence-electron chi connectivity index (χ2n) is 5.80. The number of methoxy groups -OCH3 is 1. The van der Waals surface area contributed by atoms with E-state index in [9.17, 15) is 9.59 Å². The van der Waals surface area contributed by atoms with Crippen LogP contribution in [0.1, 0.15) is 51.9 Å². The molecule has 0 saturated heterocycles. The van der Waals surface area contributed by atoms with Crippen molar-refractivity contribution < 1.29 is 19.1 Å². The fraction of sp³-hybridized carbons (Fsp3) is 0.750. The Labute approximate surface area is 120 Å². The van der Waals surface area contributed by atoms with Crippen LogP contribution in [-0.4, -0.2) is 25.5 Å². The SMILES string of the molecule is COC(=O)C1=C(C)OCCC1CC(=O)C1CCCCC1. The number of hydrogen-bond donors (Lipinski definition) is 0. The highest BCUT2D eigenvalue weighted by atomic mass is 16.5. The number of Topliss-reactive ketones (excluding diaryl/α,β-unsaturated/α-hetero) is 1. The molecule has 1 fully saturated rings. The number of allylic oxidation sites excluding steroid dienone is 1. The van der Waals surface area contributed by atoms with Gasteiger partial charge < -0.3 is 9.47 Å². The van der Waals surface area contributed by atoms with E-state index in [0.717, 1.165) is 32.1 Å². The van der Waals surface area contributed by atoms with Gasteiger partial charge in [-0.05, 0) is 26.2 Å². The molecule has 20 heavy (non-hydrogen) atoms. The van der Waals surface area contributed by atoms with Crippen molar-refractivity contribution in [2.45, 2.75) is 51.9 Å². The standard InChI is InChI=1S/C16H24O4/c1-11-15(16(18)19-2)13(8-9-20-11)10-14(17)12-6-4-3-5-7-12/h12-13H,3-10H2,1-2H3. The summed E-state index contributed by atoms with van der Waals surface area (Å²) in [5.41, 5.74) is 0.558. The first-order chi connectivity index (χ1) is 9.63. The van der Waals surface area contributed by atoms with Crippen LogP contribution in [0.25, 0.3) is 0 Å². The number of rotatable bonds is 4. The van der Waals surface area contributed by atoms with Crippen LogP contribution in [0.4, 0.5) is 0 Å². The molecule has 1 heterocycles. The molecule has 1 saturated carbocycles. The van der Waals surface area contributed by atoms with Crippen molar-refractivity contribution in [3.63, 3.8) is 0 Å². The average molecular weight is 280 g/mol. The smallest absolute Gasteiger partial charge is 0.337 e. The Kier molecular flexibility index (Phi) is 5.21. The molecule has 0 bridgehead atoms. The topological polar surface area (TPSA) is 52.6 Å². The van der Waals surface area contributed by atoms with Gasteiger partial charge in [-0.1, -0.05) is 19.3 Å². The maximum absolute atomic E-state index is 12.4. The van der Waals surface area contributed by atoms with Crippen molar-refractivity contribution in [2.75, 3.05) is 13.7 Å². The average Bonchev–Trinajstić information content (AvgIpc) is 2.47. The van der Waals surface area contributed by atoms with Gasteiger partial charge in [0.15, 0.2) is 0 Å². The highest BCUT2D eigenvalue weighted by Crippen LogP contribution is 2.32. The van der Waals surface area contributed by atoms with Crippen molar-refractivity contribution in [3.05, 3.63) is 11.3 Å². The van der Waals surface area contributed by atoms with E-state index in [1.165, 1.54) is 13.5 Å². The second kappa shape index (κ2) is 6.91. The maximum Gasteiger partial charge on any atom is 0.337 e. The first-order valence-corrected chi connectivity index (χ1v) is 7.58. The molecule has 0 aromatic rings. The summed E-state index contributed by atoms with van der Waals surface area (Å²) in [4.78, 5) is 24.3. The summed E-state index contributed by atoms with van der Waals surface area (Å²) in [7, 11) is 1.37. The van der Waals surface area contributed by atoms with Gasteiger partial charge >= 0.3 is 5.97 Å². The predicted molar refractivity (Wildman–Crippen MR) is 75.0 cm³/mol. The van der Waals surface area contributed by atoms with Crippen LogP contribution in [0.5, 0.6) is 0 Å². The number of carbonyl (C=O) groups is 2. The molecule has 4 heteroatoms. The lowest BCUT2D eigenvalue weighted by Crippen LogP contribution is -2.28. The second-order valence-corrected chi connectivity index (χ2v) is 5.80. The van der Waals surface area contributed by atoms with Crippen LogP contribution in [0.3, 0.4) is 0 Å². The highest BCUT2D eigenvalue weighted by molar-refractivity contribution is 5.91. The summed E-state index contributed by atoms with van der Waals surface area (Å²) in [5.74, 6) is 0.732. The maximum atomic E-state index is 12.4. The Morgan fingerprint density at radius 2 is 1.90 bits per heavy atom. The van der Waals surface area contributed by atoms with Gasteiger partial charge in [0.05, 0.1) is 19.3 Å².